The van der Waals surface area contributed by atoms with Gasteiger partial charge in [-0.05, 0) is 45.8 Å². The quantitative estimate of drug-likeness (QED) is 0.739. The van der Waals surface area contributed by atoms with E-state index in [0.29, 0.717) is 0 Å². The molecule has 0 spiro atoms. The minimum atomic E-state index is 0.886. The van der Waals surface area contributed by atoms with Gasteiger partial charge in [0, 0.05) is 38.3 Å². The van der Waals surface area contributed by atoms with Crippen molar-refractivity contribution in [3.63, 3.8) is 0 Å². The summed E-state index contributed by atoms with van der Waals surface area (Å²) in [5, 5.41) is 0. The molecule has 0 aromatic rings. The maximum Gasteiger partial charge on any atom is 0.0121 e. The average Bonchev–Trinajstić information content (AvgIpc) is 2.94. The molecule has 0 unspecified atom stereocenters. The van der Waals surface area contributed by atoms with Gasteiger partial charge in [0.25, 0.3) is 0 Å². The fraction of sp³-hybridized carbons (Fsp3) is 1.00. The first-order chi connectivity index (χ1) is 8.83. The Balaban J connectivity index is 1.44. The summed E-state index contributed by atoms with van der Waals surface area (Å²) in [6.45, 7) is 7.85. The smallest absolute Gasteiger partial charge is 0.0121 e. The average molecular weight is 251 g/mol. The number of hydrogen-bond donors (Lipinski definition) is 0. The fourth-order valence-corrected chi connectivity index (χ4v) is 4.07. The topological polar surface area (TPSA) is 9.72 Å². The maximum atomic E-state index is 2.79. The normalized spacial score (nSPS) is 31.2. The van der Waals surface area contributed by atoms with Crippen molar-refractivity contribution in [1.82, 2.24) is 14.7 Å². The fourth-order valence-electron chi connectivity index (χ4n) is 4.07. The maximum absolute atomic E-state index is 2.79. The molecule has 0 radical (unpaired) electrons. The van der Waals surface area contributed by atoms with Crippen LogP contribution in [0.1, 0.15) is 38.5 Å². The third kappa shape index (κ3) is 2.89. The monoisotopic (exact) mass is 251 g/mol. The number of likely N-dealkylation sites (tertiary alicyclic amines) is 1. The Hall–Kier alpha value is -0.120. The molecule has 3 nitrogen and oxygen atoms in total. The zero-order valence-electron chi connectivity index (χ0n) is 12.0. The van der Waals surface area contributed by atoms with Crippen LogP contribution < -0.4 is 0 Å². The van der Waals surface area contributed by atoms with Gasteiger partial charge in [-0.25, -0.2) is 0 Å². The van der Waals surface area contributed by atoms with Crippen molar-refractivity contribution in [3.8, 4) is 0 Å². The standard InChI is InChI=1S/C15H29N3/c1-16-10-12-18(13-11-16)15-6-8-17(9-7-15)14-4-2-3-5-14/h14-15H,2-13H2,1H3. The van der Waals surface area contributed by atoms with E-state index < -0.39 is 0 Å². The Morgan fingerprint density at radius 3 is 1.72 bits per heavy atom. The molecule has 2 aliphatic heterocycles. The second-order valence-corrected chi connectivity index (χ2v) is 6.54. The molecule has 3 aliphatic rings. The molecule has 3 rings (SSSR count). The highest BCUT2D eigenvalue weighted by atomic mass is 15.3. The molecule has 2 heterocycles. The Bertz CT molecular complexity index is 246. The molecule has 2 saturated heterocycles. The Morgan fingerprint density at radius 2 is 1.11 bits per heavy atom. The SMILES string of the molecule is CN1CCN(C2CCN(C3CCCC3)CC2)CC1. The minimum absolute atomic E-state index is 0.886. The van der Waals surface area contributed by atoms with Crippen molar-refractivity contribution in [2.24, 2.45) is 0 Å². The van der Waals surface area contributed by atoms with Crippen LogP contribution in [0.4, 0.5) is 0 Å². The van der Waals surface area contributed by atoms with Gasteiger partial charge >= 0.3 is 0 Å². The van der Waals surface area contributed by atoms with Crippen molar-refractivity contribution >= 4 is 0 Å². The molecule has 104 valence electrons. The van der Waals surface area contributed by atoms with Crippen molar-refractivity contribution in [2.45, 2.75) is 50.6 Å². The highest BCUT2D eigenvalue weighted by Gasteiger charge is 2.30. The van der Waals surface area contributed by atoms with Gasteiger partial charge in [-0.3, -0.25) is 4.90 Å². The summed E-state index contributed by atoms with van der Waals surface area (Å²) in [6.07, 6.45) is 8.73. The van der Waals surface area contributed by atoms with Crippen molar-refractivity contribution in [1.29, 1.82) is 0 Å². The predicted molar refractivity (Wildman–Crippen MR) is 75.9 cm³/mol. The van der Waals surface area contributed by atoms with Crippen LogP contribution in [0.2, 0.25) is 0 Å². The number of rotatable bonds is 2. The molecule has 1 aliphatic carbocycles. The van der Waals surface area contributed by atoms with Crippen molar-refractivity contribution < 1.29 is 0 Å². The van der Waals surface area contributed by atoms with Gasteiger partial charge in [0.1, 0.15) is 0 Å². The molecule has 3 fully saturated rings. The number of likely N-dealkylation sites (N-methyl/N-ethyl adjacent to an activating group) is 1. The summed E-state index contributed by atoms with van der Waals surface area (Å²) in [5.41, 5.74) is 0. The molecule has 0 amide bonds. The van der Waals surface area contributed by atoms with E-state index in [2.05, 4.69) is 21.7 Å². The van der Waals surface area contributed by atoms with Crippen LogP contribution in [0.5, 0.6) is 0 Å². The number of hydrogen-bond acceptors (Lipinski definition) is 3. The summed E-state index contributed by atoms with van der Waals surface area (Å²) >= 11 is 0. The summed E-state index contributed by atoms with van der Waals surface area (Å²) in [6, 6.07) is 1.83. The van der Waals surface area contributed by atoms with Gasteiger partial charge in [-0.1, -0.05) is 12.8 Å². The van der Waals surface area contributed by atoms with E-state index in [1.165, 1.54) is 77.8 Å². The zero-order chi connectivity index (χ0) is 12.4. The first kappa shape index (κ1) is 12.9. The van der Waals surface area contributed by atoms with E-state index in [-0.39, 0.29) is 0 Å². The van der Waals surface area contributed by atoms with Crippen LogP contribution in [0.3, 0.4) is 0 Å². The van der Waals surface area contributed by atoms with Gasteiger partial charge in [-0.15, -0.1) is 0 Å². The van der Waals surface area contributed by atoms with Crippen LogP contribution >= 0.6 is 0 Å². The highest BCUT2D eigenvalue weighted by molar-refractivity contribution is 4.86. The van der Waals surface area contributed by atoms with E-state index in [1.54, 1.807) is 0 Å². The minimum Gasteiger partial charge on any atom is -0.304 e. The molecule has 0 aromatic heterocycles. The summed E-state index contributed by atoms with van der Waals surface area (Å²) in [5.74, 6) is 0. The van der Waals surface area contributed by atoms with Crippen LogP contribution in [-0.2, 0) is 0 Å². The lowest BCUT2D eigenvalue weighted by Crippen LogP contribution is -2.53. The molecule has 0 bridgehead atoms. The third-order valence-electron chi connectivity index (χ3n) is 5.39. The number of piperidine rings is 1. The highest BCUT2D eigenvalue weighted by Crippen LogP contribution is 2.27. The molecule has 0 atom stereocenters. The Labute approximate surface area is 112 Å². The first-order valence-corrected chi connectivity index (χ1v) is 7.99. The third-order valence-corrected chi connectivity index (χ3v) is 5.39. The second-order valence-electron chi connectivity index (χ2n) is 6.54. The predicted octanol–water partition coefficient (Wildman–Crippen LogP) is 1.64. The van der Waals surface area contributed by atoms with Crippen LogP contribution in [-0.4, -0.2) is 73.1 Å². The van der Waals surface area contributed by atoms with E-state index in [0.717, 1.165) is 12.1 Å². The van der Waals surface area contributed by atoms with Gasteiger partial charge in [0.05, 0.1) is 0 Å². The van der Waals surface area contributed by atoms with E-state index in [1.807, 2.05) is 0 Å². The molecule has 3 heteroatoms. The van der Waals surface area contributed by atoms with Gasteiger partial charge in [-0.2, -0.15) is 0 Å². The first-order valence-electron chi connectivity index (χ1n) is 7.99. The number of piperazine rings is 1. The second kappa shape index (κ2) is 5.89. The molecule has 18 heavy (non-hydrogen) atoms. The summed E-state index contributed by atoms with van der Waals surface area (Å²) in [7, 11) is 2.25. The van der Waals surface area contributed by atoms with Crippen molar-refractivity contribution in [3.05, 3.63) is 0 Å². The zero-order valence-corrected chi connectivity index (χ0v) is 12.0. The van der Waals surface area contributed by atoms with E-state index in [9.17, 15) is 0 Å². The van der Waals surface area contributed by atoms with Crippen LogP contribution in [0, 0.1) is 0 Å². The summed E-state index contributed by atoms with van der Waals surface area (Å²) in [4.78, 5) is 8.01. The summed E-state index contributed by atoms with van der Waals surface area (Å²) < 4.78 is 0. The van der Waals surface area contributed by atoms with Gasteiger partial charge in [0.2, 0.25) is 0 Å². The molecule has 0 N–H and O–H groups in total. The van der Waals surface area contributed by atoms with E-state index in [4.69, 9.17) is 0 Å². The largest absolute Gasteiger partial charge is 0.304 e. The van der Waals surface area contributed by atoms with Crippen molar-refractivity contribution in [2.75, 3.05) is 46.3 Å². The number of nitrogens with zero attached hydrogens (tertiary/aromatic N) is 3. The molecule has 0 aromatic carbocycles. The lowest BCUT2D eigenvalue weighted by atomic mass is 10.00. The molecular weight excluding hydrogens is 222 g/mol. The molecule has 1 saturated carbocycles. The van der Waals surface area contributed by atoms with E-state index >= 15 is 0 Å². The Kier molecular flexibility index (Phi) is 4.22. The van der Waals surface area contributed by atoms with Gasteiger partial charge < -0.3 is 9.80 Å². The van der Waals surface area contributed by atoms with Gasteiger partial charge in [0.15, 0.2) is 0 Å². The Morgan fingerprint density at radius 1 is 0.611 bits per heavy atom. The molecular formula is C15H29N3. The lowest BCUT2D eigenvalue weighted by molar-refractivity contribution is 0.0550. The lowest BCUT2D eigenvalue weighted by Gasteiger charge is -2.43. The van der Waals surface area contributed by atoms with Crippen LogP contribution in [0.15, 0.2) is 0 Å². The van der Waals surface area contributed by atoms with Crippen LogP contribution in [0.25, 0.3) is 0 Å².